The van der Waals surface area contributed by atoms with Crippen LogP contribution in [-0.4, -0.2) is 106 Å². The van der Waals surface area contributed by atoms with Gasteiger partial charge < -0.3 is 29.3 Å². The SMILES string of the molecule is CC(C)(C)OC(=O)N1CCC2(CC1)Cc1ccc(C(=O)N3CCCCC3)cc1C2=O.CC(C)(C)OC(=O)N1CCC2(CC1)Cc1ccc(C(=O)O)cc1C2=O. The van der Waals surface area contributed by atoms with Crippen molar-refractivity contribution in [1.29, 1.82) is 0 Å². The van der Waals surface area contributed by atoms with Crippen molar-refractivity contribution in [2.75, 3.05) is 39.3 Å². The van der Waals surface area contributed by atoms with E-state index in [0.29, 0.717) is 81.4 Å². The lowest BCUT2D eigenvalue weighted by Gasteiger charge is -2.38. The van der Waals surface area contributed by atoms with Crippen LogP contribution in [0.4, 0.5) is 9.59 Å². The Morgan fingerprint density at radius 2 is 0.982 bits per heavy atom. The van der Waals surface area contributed by atoms with Crippen molar-refractivity contribution in [3.05, 3.63) is 69.8 Å². The molecule has 0 atom stereocenters. The van der Waals surface area contributed by atoms with Crippen molar-refractivity contribution in [2.45, 2.75) is 111 Å². The molecule has 0 saturated carbocycles. The molecule has 2 spiro atoms. The van der Waals surface area contributed by atoms with Gasteiger partial charge in [0.05, 0.1) is 5.56 Å². The molecule has 3 saturated heterocycles. The van der Waals surface area contributed by atoms with E-state index in [0.717, 1.165) is 37.1 Å². The summed E-state index contributed by atoms with van der Waals surface area (Å²) in [6, 6.07) is 10.4. The lowest BCUT2D eigenvalue weighted by Crippen LogP contribution is -2.47. The van der Waals surface area contributed by atoms with Crippen LogP contribution in [0.3, 0.4) is 0 Å². The van der Waals surface area contributed by atoms with Crippen LogP contribution < -0.4 is 0 Å². The maximum Gasteiger partial charge on any atom is 0.410 e. The summed E-state index contributed by atoms with van der Waals surface area (Å²) in [5, 5.41) is 9.12. The summed E-state index contributed by atoms with van der Waals surface area (Å²) in [4.78, 5) is 80.1. The second-order valence-corrected chi connectivity index (χ2v) is 17.9. The molecule has 0 radical (unpaired) electrons. The standard InChI is InChI=1S/C24H32N2O4.C19H23NO5/c1-23(2,3)30-22(29)26-13-9-24(10-14-26)16-18-8-7-17(15-19(18)20(24)27)21(28)25-11-5-4-6-12-25;1-18(2,3)25-17(24)20-8-6-19(7-9-20)11-13-5-4-12(16(22)23)10-14(13)15(19)21/h7-8,15H,4-6,9-14,16H2,1-3H3;4-5,10H,6-9,11H2,1-3H3,(H,22,23). The Bertz CT molecular complexity index is 1870. The second-order valence-electron chi connectivity index (χ2n) is 17.9. The zero-order valence-corrected chi connectivity index (χ0v) is 33.1. The highest BCUT2D eigenvalue weighted by Crippen LogP contribution is 2.46. The van der Waals surface area contributed by atoms with Crippen molar-refractivity contribution in [3.63, 3.8) is 0 Å². The molecular weight excluding hydrogens is 702 g/mol. The number of hydrogen-bond donors (Lipinski definition) is 1. The van der Waals surface area contributed by atoms with E-state index in [1.807, 2.05) is 64.6 Å². The third kappa shape index (κ3) is 8.58. The average molecular weight is 758 g/mol. The molecule has 3 aliphatic heterocycles. The highest BCUT2D eigenvalue weighted by atomic mass is 16.6. The summed E-state index contributed by atoms with van der Waals surface area (Å²) >= 11 is 0. The number of amides is 3. The zero-order chi connectivity index (χ0) is 39.9. The van der Waals surface area contributed by atoms with Crippen LogP contribution in [0, 0.1) is 10.8 Å². The average Bonchev–Trinajstić information content (AvgIpc) is 3.55. The van der Waals surface area contributed by atoms with Crippen molar-refractivity contribution in [3.8, 4) is 0 Å². The van der Waals surface area contributed by atoms with Gasteiger partial charge in [-0.25, -0.2) is 14.4 Å². The largest absolute Gasteiger partial charge is 0.478 e. The summed E-state index contributed by atoms with van der Waals surface area (Å²) in [5.74, 6) is -0.855. The number of hydrogen-bond acceptors (Lipinski definition) is 8. The second kappa shape index (κ2) is 15.1. The number of ketones is 2. The van der Waals surface area contributed by atoms with E-state index in [2.05, 4.69) is 0 Å². The van der Waals surface area contributed by atoms with Gasteiger partial charge in [0.15, 0.2) is 11.6 Å². The first kappa shape index (κ1) is 39.9. The van der Waals surface area contributed by atoms with Crippen LogP contribution in [0.2, 0.25) is 0 Å². The van der Waals surface area contributed by atoms with Crippen LogP contribution in [-0.2, 0) is 22.3 Å². The molecule has 5 aliphatic rings. The fourth-order valence-corrected chi connectivity index (χ4v) is 8.59. The Morgan fingerprint density at radius 3 is 1.38 bits per heavy atom. The first-order chi connectivity index (χ1) is 25.8. The molecule has 0 bridgehead atoms. The molecule has 1 N–H and O–H groups in total. The molecular formula is C43H55N3O9. The maximum absolute atomic E-state index is 13.4. The minimum absolute atomic E-state index is 0.00874. The van der Waals surface area contributed by atoms with Gasteiger partial charge in [0, 0.05) is 66.8 Å². The molecule has 3 fully saturated rings. The molecule has 296 valence electrons. The summed E-state index contributed by atoms with van der Waals surface area (Å²) < 4.78 is 10.9. The number of carbonyl (C=O) groups is 6. The van der Waals surface area contributed by atoms with E-state index in [1.54, 1.807) is 21.9 Å². The normalized spacial score (nSPS) is 20.1. The number of likely N-dealkylation sites (tertiary alicyclic amines) is 3. The number of carbonyl (C=O) groups excluding carboxylic acids is 5. The summed E-state index contributed by atoms with van der Waals surface area (Å²) in [7, 11) is 0. The Balaban J connectivity index is 0.000000190. The Kier molecular flexibility index (Phi) is 10.9. The number of ether oxygens (including phenoxy) is 2. The number of nitrogens with zero attached hydrogens (tertiary/aromatic N) is 3. The molecule has 7 rings (SSSR count). The van der Waals surface area contributed by atoms with E-state index in [9.17, 15) is 28.8 Å². The maximum atomic E-state index is 13.4. The highest BCUT2D eigenvalue weighted by molar-refractivity contribution is 6.08. The predicted octanol–water partition coefficient (Wildman–Crippen LogP) is 7.21. The quantitative estimate of drug-likeness (QED) is 0.335. The van der Waals surface area contributed by atoms with Gasteiger partial charge in [0.25, 0.3) is 5.91 Å². The summed E-state index contributed by atoms with van der Waals surface area (Å²) in [6.07, 6.45) is 6.34. The molecule has 2 aliphatic carbocycles. The van der Waals surface area contributed by atoms with Crippen molar-refractivity contribution in [2.24, 2.45) is 10.8 Å². The Morgan fingerprint density at radius 1 is 0.582 bits per heavy atom. The number of piperidine rings is 3. The zero-order valence-electron chi connectivity index (χ0n) is 33.1. The molecule has 3 amide bonds. The lowest BCUT2D eigenvalue weighted by molar-refractivity contribution is 0.0108. The minimum atomic E-state index is -1.03. The molecule has 2 aromatic rings. The molecule has 0 unspecified atom stereocenters. The molecule has 0 aromatic heterocycles. The number of carboxylic acids is 1. The summed E-state index contributed by atoms with van der Waals surface area (Å²) in [5.41, 5.74) is 1.87. The Labute approximate surface area is 323 Å². The predicted molar refractivity (Wildman–Crippen MR) is 205 cm³/mol. The third-order valence-electron chi connectivity index (χ3n) is 11.6. The Hall–Kier alpha value is -4.74. The van der Waals surface area contributed by atoms with Crippen molar-refractivity contribution < 1.29 is 43.3 Å². The van der Waals surface area contributed by atoms with Crippen LogP contribution in [0.1, 0.15) is 139 Å². The highest BCUT2D eigenvalue weighted by Gasteiger charge is 2.49. The van der Waals surface area contributed by atoms with Gasteiger partial charge in [-0.15, -0.1) is 0 Å². The van der Waals surface area contributed by atoms with Crippen molar-refractivity contribution >= 4 is 35.6 Å². The number of aromatic carboxylic acids is 1. The molecule has 12 heteroatoms. The summed E-state index contributed by atoms with van der Waals surface area (Å²) in [6.45, 7) is 14.6. The van der Waals surface area contributed by atoms with Gasteiger partial charge in [-0.3, -0.25) is 14.4 Å². The number of Topliss-reactive ketones (excluding diaryl/α,β-unsaturated/α-hetero) is 2. The fraction of sp³-hybridized carbons (Fsp3) is 0.581. The van der Waals surface area contributed by atoms with Gasteiger partial charge in [-0.2, -0.15) is 0 Å². The van der Waals surface area contributed by atoms with Gasteiger partial charge in [-0.05, 0) is 135 Å². The number of benzene rings is 2. The first-order valence-electron chi connectivity index (χ1n) is 19.6. The van der Waals surface area contributed by atoms with E-state index < -0.39 is 28.0 Å². The van der Waals surface area contributed by atoms with Gasteiger partial charge >= 0.3 is 18.2 Å². The van der Waals surface area contributed by atoms with Gasteiger partial charge in [0.1, 0.15) is 11.2 Å². The molecule has 12 nitrogen and oxygen atoms in total. The molecule has 2 aromatic carbocycles. The van der Waals surface area contributed by atoms with E-state index in [1.165, 1.54) is 12.5 Å². The molecule has 55 heavy (non-hydrogen) atoms. The fourth-order valence-electron chi connectivity index (χ4n) is 8.59. The monoisotopic (exact) mass is 757 g/mol. The van der Waals surface area contributed by atoms with E-state index >= 15 is 0 Å². The van der Waals surface area contributed by atoms with E-state index in [-0.39, 0.29) is 35.2 Å². The van der Waals surface area contributed by atoms with Gasteiger partial charge in [0.2, 0.25) is 0 Å². The van der Waals surface area contributed by atoms with E-state index in [4.69, 9.17) is 14.6 Å². The topological polar surface area (TPSA) is 151 Å². The van der Waals surface area contributed by atoms with Crippen LogP contribution >= 0.6 is 0 Å². The molecule has 3 heterocycles. The van der Waals surface area contributed by atoms with Crippen LogP contribution in [0.5, 0.6) is 0 Å². The number of fused-ring (bicyclic) bond motifs is 2. The third-order valence-corrected chi connectivity index (χ3v) is 11.6. The van der Waals surface area contributed by atoms with Gasteiger partial charge in [-0.1, -0.05) is 12.1 Å². The smallest absolute Gasteiger partial charge is 0.410 e. The minimum Gasteiger partial charge on any atom is -0.478 e. The van der Waals surface area contributed by atoms with Crippen LogP contribution in [0.25, 0.3) is 0 Å². The first-order valence-corrected chi connectivity index (χ1v) is 19.6. The number of carboxylic acid groups (broad SMARTS) is 1. The van der Waals surface area contributed by atoms with Crippen molar-refractivity contribution in [1.82, 2.24) is 14.7 Å². The van der Waals surface area contributed by atoms with Crippen LogP contribution in [0.15, 0.2) is 36.4 Å². The lowest BCUT2D eigenvalue weighted by atomic mass is 9.75. The number of rotatable bonds is 2.